The van der Waals surface area contributed by atoms with Crippen molar-refractivity contribution < 1.29 is 13.3 Å². The molecular formula is C51H29N3O3. The Labute approximate surface area is 325 Å². The number of hydrogen-bond acceptors (Lipinski definition) is 6. The van der Waals surface area contributed by atoms with Crippen LogP contribution in [0, 0.1) is 0 Å². The maximum absolute atomic E-state index is 6.73. The Kier molecular flexibility index (Phi) is 6.83. The average molecular weight is 732 g/mol. The Morgan fingerprint density at radius 2 is 0.772 bits per heavy atom. The number of furan rings is 3. The first kappa shape index (κ1) is 31.5. The van der Waals surface area contributed by atoms with Gasteiger partial charge in [0.15, 0.2) is 17.5 Å². The molecule has 0 saturated carbocycles. The van der Waals surface area contributed by atoms with Gasteiger partial charge in [-0.3, -0.25) is 0 Å². The Morgan fingerprint density at radius 3 is 1.47 bits per heavy atom. The summed E-state index contributed by atoms with van der Waals surface area (Å²) >= 11 is 0. The van der Waals surface area contributed by atoms with Crippen molar-refractivity contribution in [2.24, 2.45) is 0 Å². The van der Waals surface area contributed by atoms with Crippen LogP contribution in [0.25, 0.3) is 122 Å². The van der Waals surface area contributed by atoms with Crippen LogP contribution in [0.4, 0.5) is 0 Å². The van der Waals surface area contributed by atoms with E-state index >= 15 is 0 Å². The predicted octanol–water partition coefficient (Wildman–Crippen LogP) is 13.9. The van der Waals surface area contributed by atoms with Crippen LogP contribution >= 0.6 is 0 Å². The van der Waals surface area contributed by atoms with Crippen LogP contribution in [0.5, 0.6) is 0 Å². The van der Waals surface area contributed by atoms with Crippen molar-refractivity contribution in [3.8, 4) is 56.4 Å². The second-order valence-electron chi connectivity index (χ2n) is 14.3. The van der Waals surface area contributed by atoms with E-state index in [1.165, 1.54) is 0 Å². The fraction of sp³-hybridized carbons (Fsp3) is 0. The molecule has 0 amide bonds. The van der Waals surface area contributed by atoms with E-state index in [-0.39, 0.29) is 0 Å². The molecular weight excluding hydrogens is 703 g/mol. The van der Waals surface area contributed by atoms with Gasteiger partial charge in [0.25, 0.3) is 0 Å². The smallest absolute Gasteiger partial charge is 0.164 e. The Hall–Kier alpha value is -7.83. The molecule has 12 aromatic rings. The van der Waals surface area contributed by atoms with Crippen LogP contribution in [0.2, 0.25) is 0 Å². The van der Waals surface area contributed by atoms with E-state index in [2.05, 4.69) is 97.1 Å². The van der Waals surface area contributed by atoms with Crippen molar-refractivity contribution in [2.45, 2.75) is 0 Å². The van der Waals surface area contributed by atoms with Crippen LogP contribution in [-0.2, 0) is 0 Å². The van der Waals surface area contributed by atoms with E-state index < -0.39 is 0 Å². The molecule has 0 saturated heterocycles. The molecule has 0 aliphatic heterocycles. The summed E-state index contributed by atoms with van der Waals surface area (Å²) in [7, 11) is 0. The highest BCUT2D eigenvalue weighted by Crippen LogP contribution is 2.43. The van der Waals surface area contributed by atoms with Gasteiger partial charge in [-0.15, -0.1) is 0 Å². The molecule has 0 aliphatic rings. The molecule has 4 aromatic heterocycles. The van der Waals surface area contributed by atoms with E-state index in [1.807, 2.05) is 78.9 Å². The van der Waals surface area contributed by atoms with Gasteiger partial charge >= 0.3 is 0 Å². The van der Waals surface area contributed by atoms with E-state index in [4.69, 9.17) is 28.2 Å². The van der Waals surface area contributed by atoms with E-state index in [9.17, 15) is 0 Å². The third-order valence-electron chi connectivity index (χ3n) is 11.0. The van der Waals surface area contributed by atoms with Gasteiger partial charge in [-0.2, -0.15) is 0 Å². The summed E-state index contributed by atoms with van der Waals surface area (Å²) < 4.78 is 19.3. The number of para-hydroxylation sites is 3. The molecule has 0 N–H and O–H groups in total. The van der Waals surface area contributed by atoms with Crippen LogP contribution in [0.3, 0.4) is 0 Å². The molecule has 0 unspecified atom stereocenters. The molecule has 8 aromatic carbocycles. The van der Waals surface area contributed by atoms with Crippen LogP contribution in [0.15, 0.2) is 189 Å². The molecule has 0 atom stereocenters. The zero-order valence-electron chi connectivity index (χ0n) is 30.3. The quantitative estimate of drug-likeness (QED) is 0.175. The topological polar surface area (TPSA) is 78.1 Å². The number of fused-ring (bicyclic) bond motifs is 9. The summed E-state index contributed by atoms with van der Waals surface area (Å²) in [5, 5.41) is 6.20. The lowest BCUT2D eigenvalue weighted by Gasteiger charge is -2.11. The van der Waals surface area contributed by atoms with Crippen LogP contribution < -0.4 is 0 Å². The first-order valence-electron chi connectivity index (χ1n) is 18.9. The summed E-state index contributed by atoms with van der Waals surface area (Å²) in [4.78, 5) is 15.6. The lowest BCUT2D eigenvalue weighted by atomic mass is 9.97. The van der Waals surface area contributed by atoms with Crippen LogP contribution in [0.1, 0.15) is 0 Å². The molecule has 0 aliphatic carbocycles. The van der Waals surface area contributed by atoms with Gasteiger partial charge in [-0.1, -0.05) is 115 Å². The third kappa shape index (κ3) is 5.08. The standard InChI is InChI=1S/C51H29N3O3/c1-2-11-30(12-3-1)31-13-10-14-33(27-31)49-52-50(34-22-24-39-37-16-5-8-19-43(37)56-46(39)29-34)54-51(53-49)41-26-25-35(48-47(41)40-17-6-9-20-44(40)57-48)32-21-23-38-36-15-4-7-18-42(36)55-45(38)28-32/h1-29H. The third-order valence-corrected chi connectivity index (χ3v) is 11.0. The molecule has 266 valence electrons. The molecule has 57 heavy (non-hydrogen) atoms. The van der Waals surface area contributed by atoms with E-state index in [0.717, 1.165) is 105 Å². The lowest BCUT2D eigenvalue weighted by molar-refractivity contribution is 0.668. The van der Waals surface area contributed by atoms with Crippen molar-refractivity contribution in [3.63, 3.8) is 0 Å². The largest absolute Gasteiger partial charge is 0.456 e. The summed E-state index contributed by atoms with van der Waals surface area (Å²) in [5.41, 5.74) is 11.5. The van der Waals surface area contributed by atoms with Crippen molar-refractivity contribution in [1.29, 1.82) is 0 Å². The average Bonchev–Trinajstić information content (AvgIpc) is 3.97. The van der Waals surface area contributed by atoms with Crippen LogP contribution in [-0.4, -0.2) is 15.0 Å². The SMILES string of the molecule is c1ccc(-c2cccc(-c3nc(-c4ccc5c(c4)oc4ccccc45)nc(-c4ccc(-c5ccc6c(c5)oc5ccccc56)c5oc6ccccc6c45)n3)c2)cc1. The summed E-state index contributed by atoms with van der Waals surface area (Å²) in [5.74, 6) is 1.65. The predicted molar refractivity (Wildman–Crippen MR) is 229 cm³/mol. The highest BCUT2D eigenvalue weighted by atomic mass is 16.3. The zero-order chi connectivity index (χ0) is 37.5. The van der Waals surface area contributed by atoms with Gasteiger partial charge in [-0.05, 0) is 77.4 Å². The van der Waals surface area contributed by atoms with E-state index in [0.29, 0.717) is 17.5 Å². The Bertz CT molecular complexity index is 3540. The van der Waals surface area contributed by atoms with Gasteiger partial charge in [-0.25, -0.2) is 15.0 Å². The number of rotatable bonds is 5. The van der Waals surface area contributed by atoms with Gasteiger partial charge in [0, 0.05) is 54.6 Å². The number of aromatic nitrogens is 3. The second-order valence-corrected chi connectivity index (χ2v) is 14.3. The summed E-state index contributed by atoms with van der Waals surface area (Å²) in [6.07, 6.45) is 0. The highest BCUT2D eigenvalue weighted by molar-refractivity contribution is 6.16. The molecule has 12 rings (SSSR count). The number of hydrogen-bond donors (Lipinski definition) is 0. The summed E-state index contributed by atoms with van der Waals surface area (Å²) in [6.45, 7) is 0. The normalized spacial score (nSPS) is 11.9. The maximum atomic E-state index is 6.73. The minimum atomic E-state index is 0.542. The number of benzene rings is 8. The van der Waals surface area contributed by atoms with Crippen molar-refractivity contribution >= 4 is 65.8 Å². The fourth-order valence-corrected chi connectivity index (χ4v) is 8.22. The van der Waals surface area contributed by atoms with Crippen molar-refractivity contribution in [2.75, 3.05) is 0 Å². The van der Waals surface area contributed by atoms with Crippen molar-refractivity contribution in [3.05, 3.63) is 176 Å². The molecule has 0 bridgehead atoms. The lowest BCUT2D eigenvalue weighted by Crippen LogP contribution is -2.01. The van der Waals surface area contributed by atoms with Gasteiger partial charge in [0.1, 0.15) is 33.5 Å². The van der Waals surface area contributed by atoms with Gasteiger partial charge < -0.3 is 13.3 Å². The minimum Gasteiger partial charge on any atom is -0.456 e. The molecule has 6 nitrogen and oxygen atoms in total. The molecule has 0 spiro atoms. The first-order chi connectivity index (χ1) is 28.2. The fourth-order valence-electron chi connectivity index (χ4n) is 8.22. The van der Waals surface area contributed by atoms with Crippen molar-refractivity contribution in [1.82, 2.24) is 15.0 Å². The molecule has 0 radical (unpaired) electrons. The van der Waals surface area contributed by atoms with Gasteiger partial charge in [0.2, 0.25) is 0 Å². The van der Waals surface area contributed by atoms with E-state index in [1.54, 1.807) is 0 Å². The number of nitrogens with zero attached hydrogens (tertiary/aromatic N) is 3. The molecule has 0 fully saturated rings. The molecule has 6 heteroatoms. The Balaban J connectivity index is 1.08. The highest BCUT2D eigenvalue weighted by Gasteiger charge is 2.22. The zero-order valence-corrected chi connectivity index (χ0v) is 30.3. The minimum absolute atomic E-state index is 0.542. The first-order valence-corrected chi connectivity index (χ1v) is 18.9. The monoisotopic (exact) mass is 731 g/mol. The summed E-state index contributed by atoms with van der Waals surface area (Å²) in [6, 6.07) is 59.8. The van der Waals surface area contributed by atoms with Gasteiger partial charge in [0.05, 0.1) is 0 Å². The maximum Gasteiger partial charge on any atom is 0.164 e. The second kappa shape index (κ2) is 12.3. The molecule has 4 heterocycles. The Morgan fingerprint density at radius 1 is 0.281 bits per heavy atom.